The molecule has 0 radical (unpaired) electrons. The monoisotopic (exact) mass is 173 g/mol. The molecule has 3 heteroatoms. The van der Waals surface area contributed by atoms with Crippen molar-refractivity contribution in [2.45, 2.75) is 19.4 Å². The van der Waals surface area contributed by atoms with E-state index in [-0.39, 0.29) is 0 Å². The number of hydrogen-bond donors (Lipinski definition) is 1. The van der Waals surface area contributed by atoms with E-state index in [1.165, 1.54) is 0 Å². The molecular weight excluding hydrogens is 150 g/mol. The van der Waals surface area contributed by atoms with Gasteiger partial charge in [-0.15, -0.1) is 0 Å². The minimum atomic E-state index is 0.618. The van der Waals surface area contributed by atoms with Gasteiger partial charge in [-0.05, 0) is 47.6 Å². The predicted octanol–water partition coefficient (Wildman–Crippen LogP) is 0.217. The molecule has 12 heavy (non-hydrogen) atoms. The first-order valence-electron chi connectivity index (χ1n) is 4.63. The van der Waals surface area contributed by atoms with Crippen LogP contribution in [0.5, 0.6) is 0 Å². The van der Waals surface area contributed by atoms with E-state index in [2.05, 4.69) is 37.9 Å². The molecule has 0 amide bonds. The van der Waals surface area contributed by atoms with Crippen molar-refractivity contribution in [2.24, 2.45) is 5.73 Å². The molecule has 0 aromatic rings. The van der Waals surface area contributed by atoms with Crippen molar-refractivity contribution in [3.63, 3.8) is 0 Å². The van der Waals surface area contributed by atoms with Gasteiger partial charge in [0, 0.05) is 12.6 Å². The number of hydrogen-bond acceptors (Lipinski definition) is 3. The number of nitrogens with zero attached hydrogens (tertiary/aromatic N) is 2. The molecule has 1 unspecified atom stereocenters. The Kier molecular flexibility index (Phi) is 6.34. The Balaban J connectivity index is 3.47. The van der Waals surface area contributed by atoms with E-state index >= 15 is 0 Å². The Bertz CT molecular complexity index is 104. The molecule has 0 heterocycles. The van der Waals surface area contributed by atoms with Crippen LogP contribution in [0.25, 0.3) is 0 Å². The molecule has 0 saturated carbocycles. The van der Waals surface area contributed by atoms with Crippen molar-refractivity contribution in [1.29, 1.82) is 0 Å². The maximum absolute atomic E-state index is 5.43. The fraction of sp³-hybridized carbons (Fsp3) is 1.00. The second-order valence-corrected chi connectivity index (χ2v) is 3.72. The zero-order valence-corrected chi connectivity index (χ0v) is 8.88. The lowest BCUT2D eigenvalue weighted by Crippen LogP contribution is -2.37. The summed E-state index contributed by atoms with van der Waals surface area (Å²) in [6.45, 7) is 5.25. The lowest BCUT2D eigenvalue weighted by molar-refractivity contribution is 0.219. The first kappa shape index (κ1) is 11.9. The molecule has 3 nitrogen and oxygen atoms in total. The van der Waals surface area contributed by atoms with Crippen LogP contribution in [0.2, 0.25) is 0 Å². The minimum absolute atomic E-state index is 0.618. The van der Waals surface area contributed by atoms with Crippen LogP contribution in [0.4, 0.5) is 0 Å². The van der Waals surface area contributed by atoms with E-state index in [1.807, 2.05) is 0 Å². The highest BCUT2D eigenvalue weighted by molar-refractivity contribution is 4.64. The molecule has 1 atom stereocenters. The van der Waals surface area contributed by atoms with E-state index in [1.54, 1.807) is 0 Å². The van der Waals surface area contributed by atoms with Crippen molar-refractivity contribution in [3.05, 3.63) is 0 Å². The van der Waals surface area contributed by atoms with Crippen LogP contribution in [-0.2, 0) is 0 Å². The summed E-state index contributed by atoms with van der Waals surface area (Å²) in [5, 5.41) is 0. The smallest absolute Gasteiger partial charge is 0.0188 e. The molecule has 2 N–H and O–H groups in total. The molecule has 0 aliphatic carbocycles. The van der Waals surface area contributed by atoms with E-state index < -0.39 is 0 Å². The number of rotatable bonds is 6. The van der Waals surface area contributed by atoms with E-state index in [0.29, 0.717) is 6.04 Å². The van der Waals surface area contributed by atoms with Gasteiger partial charge in [-0.25, -0.2) is 0 Å². The molecule has 0 aliphatic heterocycles. The molecule has 0 aromatic carbocycles. The molecule has 0 rings (SSSR count). The average molecular weight is 173 g/mol. The van der Waals surface area contributed by atoms with Crippen molar-refractivity contribution >= 4 is 0 Å². The Labute approximate surface area is 76.5 Å². The summed E-state index contributed by atoms with van der Waals surface area (Å²) in [6, 6.07) is 0.618. The SMILES string of the molecule is CC(CN(C)CCCN)N(C)C. The van der Waals surface area contributed by atoms with Gasteiger partial charge >= 0.3 is 0 Å². The lowest BCUT2D eigenvalue weighted by atomic mass is 10.3. The zero-order valence-electron chi connectivity index (χ0n) is 8.88. The summed E-state index contributed by atoms with van der Waals surface area (Å²) < 4.78 is 0. The van der Waals surface area contributed by atoms with Gasteiger partial charge in [0.2, 0.25) is 0 Å². The summed E-state index contributed by atoms with van der Waals surface area (Å²) in [5.41, 5.74) is 5.43. The molecule has 0 saturated heterocycles. The van der Waals surface area contributed by atoms with Gasteiger partial charge in [-0.2, -0.15) is 0 Å². The molecule has 0 spiro atoms. The minimum Gasteiger partial charge on any atom is -0.330 e. The van der Waals surface area contributed by atoms with Crippen LogP contribution in [0, 0.1) is 0 Å². The number of likely N-dealkylation sites (N-methyl/N-ethyl adjacent to an activating group) is 2. The fourth-order valence-corrected chi connectivity index (χ4v) is 1.07. The lowest BCUT2D eigenvalue weighted by Gasteiger charge is -2.25. The van der Waals surface area contributed by atoms with Gasteiger partial charge in [0.1, 0.15) is 0 Å². The quantitative estimate of drug-likeness (QED) is 0.623. The highest BCUT2D eigenvalue weighted by Gasteiger charge is 2.06. The van der Waals surface area contributed by atoms with Crippen molar-refractivity contribution in [3.8, 4) is 0 Å². The second kappa shape index (κ2) is 6.40. The summed E-state index contributed by atoms with van der Waals surface area (Å²) in [6.07, 6.45) is 1.09. The standard InChI is InChI=1S/C9H23N3/c1-9(11(2)3)8-12(4)7-5-6-10/h9H,5-8,10H2,1-4H3. The largest absolute Gasteiger partial charge is 0.330 e. The number of nitrogens with two attached hydrogens (primary N) is 1. The van der Waals surface area contributed by atoms with Gasteiger partial charge < -0.3 is 15.5 Å². The highest BCUT2D eigenvalue weighted by atomic mass is 15.2. The van der Waals surface area contributed by atoms with E-state index in [4.69, 9.17) is 5.73 Å². The first-order chi connectivity index (χ1) is 5.57. The topological polar surface area (TPSA) is 32.5 Å². The molecule has 0 fully saturated rings. The zero-order chi connectivity index (χ0) is 9.56. The molecule has 74 valence electrons. The Hall–Kier alpha value is -0.120. The van der Waals surface area contributed by atoms with Gasteiger partial charge in [0.05, 0.1) is 0 Å². The second-order valence-electron chi connectivity index (χ2n) is 3.72. The molecular formula is C9H23N3. The summed E-state index contributed by atoms with van der Waals surface area (Å²) in [5.74, 6) is 0. The van der Waals surface area contributed by atoms with E-state index in [9.17, 15) is 0 Å². The molecule has 0 bridgehead atoms. The maximum Gasteiger partial charge on any atom is 0.0188 e. The summed E-state index contributed by atoms with van der Waals surface area (Å²) >= 11 is 0. The van der Waals surface area contributed by atoms with Gasteiger partial charge in [0.15, 0.2) is 0 Å². The Morgan fingerprint density at radius 2 is 1.83 bits per heavy atom. The summed E-state index contributed by atoms with van der Waals surface area (Å²) in [7, 11) is 6.37. The van der Waals surface area contributed by atoms with Crippen molar-refractivity contribution in [2.75, 3.05) is 40.8 Å². The third-order valence-corrected chi connectivity index (χ3v) is 2.20. The van der Waals surface area contributed by atoms with Gasteiger partial charge in [0.25, 0.3) is 0 Å². The third kappa shape index (κ3) is 5.52. The molecule has 0 aromatic heterocycles. The Morgan fingerprint density at radius 1 is 1.25 bits per heavy atom. The van der Waals surface area contributed by atoms with E-state index in [0.717, 1.165) is 26.1 Å². The fourth-order valence-electron chi connectivity index (χ4n) is 1.07. The normalized spacial score (nSPS) is 14.2. The average Bonchev–Trinajstić information content (AvgIpc) is 2.00. The van der Waals surface area contributed by atoms with Crippen LogP contribution >= 0.6 is 0 Å². The van der Waals surface area contributed by atoms with Crippen LogP contribution < -0.4 is 5.73 Å². The van der Waals surface area contributed by atoms with Crippen LogP contribution in [0.3, 0.4) is 0 Å². The molecule has 0 aliphatic rings. The maximum atomic E-state index is 5.43. The highest BCUT2D eigenvalue weighted by Crippen LogP contribution is 1.95. The Morgan fingerprint density at radius 3 is 2.25 bits per heavy atom. The van der Waals surface area contributed by atoms with Gasteiger partial charge in [-0.1, -0.05) is 0 Å². The van der Waals surface area contributed by atoms with Gasteiger partial charge in [-0.3, -0.25) is 0 Å². The summed E-state index contributed by atoms with van der Waals surface area (Å²) in [4.78, 5) is 4.57. The van der Waals surface area contributed by atoms with Crippen LogP contribution in [0.1, 0.15) is 13.3 Å². The first-order valence-corrected chi connectivity index (χ1v) is 4.63. The van der Waals surface area contributed by atoms with Crippen molar-refractivity contribution < 1.29 is 0 Å². The van der Waals surface area contributed by atoms with Crippen LogP contribution in [0.15, 0.2) is 0 Å². The van der Waals surface area contributed by atoms with Crippen LogP contribution in [-0.4, -0.2) is 56.6 Å². The third-order valence-electron chi connectivity index (χ3n) is 2.20. The van der Waals surface area contributed by atoms with Crippen molar-refractivity contribution in [1.82, 2.24) is 9.80 Å². The predicted molar refractivity (Wildman–Crippen MR) is 54.3 cm³/mol.